The summed E-state index contributed by atoms with van der Waals surface area (Å²) in [4.78, 5) is 11.7. The highest BCUT2D eigenvalue weighted by Crippen LogP contribution is 2.04. The van der Waals surface area contributed by atoms with Crippen LogP contribution in [0.25, 0.3) is 0 Å². The van der Waals surface area contributed by atoms with Crippen molar-refractivity contribution in [3.63, 3.8) is 0 Å². The zero-order chi connectivity index (χ0) is 12.7. The van der Waals surface area contributed by atoms with Gasteiger partial charge in [-0.05, 0) is 19.3 Å². The molecule has 5 nitrogen and oxygen atoms in total. The van der Waals surface area contributed by atoms with Crippen molar-refractivity contribution < 1.29 is 14.3 Å². The Bertz CT molecular complexity index is 205. The number of hydrogen-bond donors (Lipinski definition) is 2. The average Bonchev–Trinajstić information content (AvgIpc) is 2.18. The van der Waals surface area contributed by atoms with Gasteiger partial charge in [0.05, 0.1) is 12.1 Å². The van der Waals surface area contributed by atoms with E-state index in [-0.39, 0.29) is 11.9 Å². The van der Waals surface area contributed by atoms with Gasteiger partial charge in [-0.15, -0.1) is 0 Å². The lowest BCUT2D eigenvalue weighted by Gasteiger charge is -2.24. The molecule has 3 N–H and O–H groups in total. The smallest absolute Gasteiger partial charge is 0.237 e. The van der Waals surface area contributed by atoms with E-state index in [0.29, 0.717) is 12.3 Å². The van der Waals surface area contributed by atoms with Crippen molar-refractivity contribution >= 4 is 5.91 Å². The van der Waals surface area contributed by atoms with Crippen LogP contribution in [0.1, 0.15) is 27.2 Å². The third kappa shape index (κ3) is 5.44. The molecule has 0 aliphatic rings. The molecule has 2 unspecified atom stereocenters. The Morgan fingerprint density at radius 1 is 1.25 bits per heavy atom. The van der Waals surface area contributed by atoms with Crippen molar-refractivity contribution in [2.45, 2.75) is 45.6 Å². The van der Waals surface area contributed by atoms with Crippen molar-refractivity contribution in [3.05, 3.63) is 0 Å². The monoisotopic (exact) mass is 232 g/mol. The zero-order valence-corrected chi connectivity index (χ0v) is 10.8. The Morgan fingerprint density at radius 3 is 2.12 bits per heavy atom. The summed E-state index contributed by atoms with van der Waals surface area (Å²) in [5.74, 6) is 0.233. The van der Waals surface area contributed by atoms with E-state index in [4.69, 9.17) is 15.2 Å². The molecular formula is C11H24N2O3. The van der Waals surface area contributed by atoms with Crippen molar-refractivity contribution in [2.75, 3.05) is 14.2 Å². The van der Waals surface area contributed by atoms with Gasteiger partial charge in [-0.2, -0.15) is 0 Å². The lowest BCUT2D eigenvalue weighted by atomic mass is 10.0. The minimum absolute atomic E-state index is 0.166. The molecule has 0 bridgehead atoms. The van der Waals surface area contributed by atoms with Crippen LogP contribution in [0.15, 0.2) is 0 Å². The second-order valence-corrected chi connectivity index (χ2v) is 4.37. The largest absolute Gasteiger partial charge is 0.354 e. The molecule has 5 heteroatoms. The third-order valence-electron chi connectivity index (χ3n) is 2.30. The fourth-order valence-corrected chi connectivity index (χ4v) is 1.52. The number of carbonyl (C=O) groups is 1. The van der Waals surface area contributed by atoms with E-state index in [1.807, 2.05) is 20.8 Å². The predicted molar refractivity (Wildman–Crippen MR) is 62.8 cm³/mol. The fourth-order valence-electron chi connectivity index (χ4n) is 1.52. The summed E-state index contributed by atoms with van der Waals surface area (Å²) in [5, 5.41) is 2.77. The second kappa shape index (κ2) is 7.60. The third-order valence-corrected chi connectivity index (χ3v) is 2.30. The SMILES string of the molecule is COC(OC)C(C)NC(=O)C(N)CC(C)C. The number of carbonyl (C=O) groups excluding carboxylic acids is 1. The maximum Gasteiger partial charge on any atom is 0.237 e. The number of hydrogen-bond acceptors (Lipinski definition) is 4. The van der Waals surface area contributed by atoms with Gasteiger partial charge in [-0.1, -0.05) is 13.8 Å². The normalized spacial score (nSPS) is 15.2. The quantitative estimate of drug-likeness (QED) is 0.626. The standard InChI is InChI=1S/C11H24N2O3/c1-7(2)6-9(12)10(14)13-8(3)11(15-4)16-5/h7-9,11H,6,12H2,1-5H3,(H,13,14). The van der Waals surface area contributed by atoms with Gasteiger partial charge >= 0.3 is 0 Å². The highest BCUT2D eigenvalue weighted by atomic mass is 16.7. The minimum Gasteiger partial charge on any atom is -0.354 e. The van der Waals surface area contributed by atoms with Crippen LogP contribution in [0, 0.1) is 5.92 Å². The molecule has 0 spiro atoms. The van der Waals surface area contributed by atoms with Gasteiger partial charge in [-0.3, -0.25) is 4.79 Å². The molecule has 0 saturated carbocycles. The number of methoxy groups -OCH3 is 2. The molecule has 2 atom stereocenters. The van der Waals surface area contributed by atoms with Crippen LogP contribution in [-0.4, -0.2) is 38.5 Å². The van der Waals surface area contributed by atoms with E-state index in [0.717, 1.165) is 0 Å². The van der Waals surface area contributed by atoms with Crippen LogP contribution in [0.2, 0.25) is 0 Å². The van der Waals surface area contributed by atoms with Crippen molar-refractivity contribution in [2.24, 2.45) is 11.7 Å². The van der Waals surface area contributed by atoms with E-state index in [9.17, 15) is 4.79 Å². The fraction of sp³-hybridized carbons (Fsp3) is 0.909. The molecule has 0 aromatic heterocycles. The molecule has 96 valence electrons. The Kier molecular flexibility index (Phi) is 7.29. The molecule has 16 heavy (non-hydrogen) atoms. The summed E-state index contributed by atoms with van der Waals surface area (Å²) in [6.07, 6.45) is 0.221. The van der Waals surface area contributed by atoms with Gasteiger partial charge in [0.1, 0.15) is 0 Å². The topological polar surface area (TPSA) is 73.6 Å². The summed E-state index contributed by atoms with van der Waals surface area (Å²) in [6.45, 7) is 5.88. The molecule has 0 aromatic carbocycles. The molecular weight excluding hydrogens is 208 g/mol. The van der Waals surface area contributed by atoms with Crippen molar-refractivity contribution in [1.29, 1.82) is 0 Å². The molecule has 0 fully saturated rings. The highest BCUT2D eigenvalue weighted by molar-refractivity contribution is 5.81. The summed E-state index contributed by atoms with van der Waals surface area (Å²) in [7, 11) is 3.07. The Labute approximate surface area is 97.7 Å². The number of ether oxygens (including phenoxy) is 2. The molecule has 0 aliphatic heterocycles. The van der Waals surface area contributed by atoms with Gasteiger partial charge in [0.15, 0.2) is 6.29 Å². The molecule has 1 amide bonds. The van der Waals surface area contributed by atoms with Crippen LogP contribution >= 0.6 is 0 Å². The molecule has 0 aromatic rings. The van der Waals surface area contributed by atoms with E-state index in [1.54, 1.807) is 0 Å². The molecule has 0 heterocycles. The summed E-state index contributed by atoms with van der Waals surface area (Å²) >= 11 is 0. The number of amides is 1. The predicted octanol–water partition coefficient (Wildman–Crippen LogP) is 0.483. The van der Waals surface area contributed by atoms with E-state index in [2.05, 4.69) is 5.32 Å². The second-order valence-electron chi connectivity index (χ2n) is 4.37. The lowest BCUT2D eigenvalue weighted by molar-refractivity contribution is -0.136. The Hall–Kier alpha value is -0.650. The van der Waals surface area contributed by atoms with Gasteiger partial charge in [0.2, 0.25) is 5.91 Å². The van der Waals surface area contributed by atoms with Gasteiger partial charge in [0.25, 0.3) is 0 Å². The Morgan fingerprint density at radius 2 is 1.75 bits per heavy atom. The van der Waals surface area contributed by atoms with Crippen LogP contribution in [-0.2, 0) is 14.3 Å². The summed E-state index contributed by atoms with van der Waals surface area (Å²) < 4.78 is 10.1. The first-order chi connectivity index (χ1) is 7.42. The van der Waals surface area contributed by atoms with Gasteiger partial charge in [-0.25, -0.2) is 0 Å². The first-order valence-electron chi connectivity index (χ1n) is 5.53. The number of rotatable bonds is 7. The van der Waals surface area contributed by atoms with E-state index in [1.165, 1.54) is 14.2 Å². The van der Waals surface area contributed by atoms with Gasteiger partial charge in [0, 0.05) is 14.2 Å². The number of nitrogens with two attached hydrogens (primary N) is 1. The first kappa shape index (κ1) is 15.3. The van der Waals surface area contributed by atoms with Crippen LogP contribution in [0.5, 0.6) is 0 Å². The molecule has 0 saturated heterocycles. The summed E-state index contributed by atoms with van der Waals surface area (Å²) in [6, 6.07) is -0.697. The van der Waals surface area contributed by atoms with Crippen LogP contribution < -0.4 is 11.1 Å². The van der Waals surface area contributed by atoms with Crippen LogP contribution in [0.4, 0.5) is 0 Å². The van der Waals surface area contributed by atoms with Crippen molar-refractivity contribution in [3.8, 4) is 0 Å². The molecule has 0 aliphatic carbocycles. The minimum atomic E-state index is -0.475. The van der Waals surface area contributed by atoms with Crippen LogP contribution in [0.3, 0.4) is 0 Å². The average molecular weight is 232 g/mol. The zero-order valence-electron chi connectivity index (χ0n) is 10.8. The number of nitrogens with one attached hydrogen (secondary N) is 1. The molecule has 0 radical (unpaired) electrons. The maximum atomic E-state index is 11.7. The van der Waals surface area contributed by atoms with E-state index >= 15 is 0 Å². The van der Waals surface area contributed by atoms with Crippen molar-refractivity contribution in [1.82, 2.24) is 5.32 Å². The lowest BCUT2D eigenvalue weighted by Crippen LogP contribution is -2.49. The van der Waals surface area contributed by atoms with Gasteiger partial charge < -0.3 is 20.5 Å². The highest BCUT2D eigenvalue weighted by Gasteiger charge is 2.21. The first-order valence-corrected chi connectivity index (χ1v) is 5.53. The maximum absolute atomic E-state index is 11.7. The Balaban J connectivity index is 4.12. The summed E-state index contributed by atoms with van der Waals surface area (Å²) in [5.41, 5.74) is 5.76. The molecule has 0 rings (SSSR count). The van der Waals surface area contributed by atoms with E-state index < -0.39 is 12.3 Å².